The van der Waals surface area contributed by atoms with Crippen molar-refractivity contribution in [3.8, 4) is 33.4 Å². The molecule has 0 aliphatic heterocycles. The maximum Gasteiger partial charge on any atom is 0.0534 e. The second-order valence-corrected chi connectivity index (χ2v) is 16.5. The Balaban J connectivity index is 1.05. The third-order valence-corrected chi connectivity index (χ3v) is 13.9. The maximum atomic E-state index is 2.45. The first kappa shape index (κ1) is 30.2. The highest BCUT2D eigenvalue weighted by molar-refractivity contribution is 7.33. The van der Waals surface area contributed by atoms with Crippen LogP contribution < -0.4 is 0 Å². The van der Waals surface area contributed by atoms with Crippen LogP contribution >= 0.6 is 22.7 Å². The van der Waals surface area contributed by atoms with Gasteiger partial charge in [-0.3, -0.25) is 0 Å². The lowest BCUT2D eigenvalue weighted by Gasteiger charge is -2.18. The number of thiophene rings is 2. The molecule has 2 heterocycles. The first-order valence-electron chi connectivity index (χ1n) is 18.5. The molecule has 0 fully saturated rings. The molecule has 0 aliphatic rings. The van der Waals surface area contributed by atoms with E-state index in [1.165, 1.54) is 117 Å². The van der Waals surface area contributed by atoms with E-state index in [0.717, 1.165) is 0 Å². The molecule has 250 valence electrons. The fraction of sp³-hybridized carbons (Fsp3) is 0. The van der Waals surface area contributed by atoms with Crippen LogP contribution in [-0.2, 0) is 0 Å². The number of hydrogen-bond acceptors (Lipinski definition) is 2. The normalized spacial score (nSPS) is 12.1. The van der Waals surface area contributed by atoms with E-state index in [-0.39, 0.29) is 0 Å². The minimum Gasteiger partial charge on any atom is -0.134 e. The van der Waals surface area contributed by atoms with Gasteiger partial charge in [-0.15, -0.1) is 22.7 Å². The number of fused-ring (bicyclic) bond motifs is 12. The molecule has 0 amide bonds. The van der Waals surface area contributed by atoms with Gasteiger partial charge < -0.3 is 0 Å². The zero-order valence-corrected chi connectivity index (χ0v) is 30.8. The van der Waals surface area contributed by atoms with Crippen LogP contribution in [-0.4, -0.2) is 0 Å². The molecule has 2 aromatic heterocycles. The van der Waals surface area contributed by atoms with E-state index in [0.29, 0.717) is 0 Å². The summed E-state index contributed by atoms with van der Waals surface area (Å²) in [7, 11) is 0. The zero-order chi connectivity index (χ0) is 35.3. The van der Waals surface area contributed by atoms with E-state index in [1.807, 2.05) is 22.7 Å². The molecule has 12 rings (SSSR count). The Labute approximate surface area is 319 Å². The molecule has 2 heteroatoms. The summed E-state index contributed by atoms with van der Waals surface area (Å²) >= 11 is 3.88. The molecule has 54 heavy (non-hydrogen) atoms. The van der Waals surface area contributed by atoms with Gasteiger partial charge in [0, 0.05) is 30.9 Å². The second kappa shape index (κ2) is 11.6. The molecule has 0 saturated heterocycles. The highest BCUT2D eigenvalue weighted by Crippen LogP contribution is 2.49. The van der Waals surface area contributed by atoms with E-state index in [4.69, 9.17) is 0 Å². The van der Waals surface area contributed by atoms with Crippen LogP contribution in [0.3, 0.4) is 0 Å². The van der Waals surface area contributed by atoms with E-state index in [9.17, 15) is 0 Å². The van der Waals surface area contributed by atoms with Crippen LogP contribution in [0.4, 0.5) is 0 Å². The third-order valence-electron chi connectivity index (χ3n) is 11.4. The summed E-state index contributed by atoms with van der Waals surface area (Å²) in [6, 6.07) is 67.7. The summed E-state index contributed by atoms with van der Waals surface area (Å²) < 4.78 is 5.48. The summed E-state index contributed by atoms with van der Waals surface area (Å²) in [5.74, 6) is 0. The largest absolute Gasteiger partial charge is 0.134 e. The molecule has 0 radical (unpaired) electrons. The smallest absolute Gasteiger partial charge is 0.0534 e. The quantitative estimate of drug-likeness (QED) is 0.160. The Morgan fingerprint density at radius 3 is 1.48 bits per heavy atom. The maximum absolute atomic E-state index is 2.45. The van der Waals surface area contributed by atoms with Crippen LogP contribution in [0, 0.1) is 0 Å². The lowest BCUT2D eigenvalue weighted by atomic mass is 9.85. The lowest BCUT2D eigenvalue weighted by Crippen LogP contribution is -1.91. The zero-order valence-electron chi connectivity index (χ0n) is 29.1. The van der Waals surface area contributed by atoms with Crippen molar-refractivity contribution in [2.75, 3.05) is 0 Å². The van der Waals surface area contributed by atoms with Gasteiger partial charge in [0.15, 0.2) is 0 Å². The van der Waals surface area contributed by atoms with Crippen LogP contribution in [0.2, 0.25) is 0 Å². The van der Waals surface area contributed by atoms with Crippen LogP contribution in [0.15, 0.2) is 182 Å². The van der Waals surface area contributed by atoms with E-state index >= 15 is 0 Å². The van der Waals surface area contributed by atoms with Crippen molar-refractivity contribution >= 4 is 106 Å². The average Bonchev–Trinajstić information content (AvgIpc) is 3.81. The highest BCUT2D eigenvalue weighted by atomic mass is 32.1. The molecule has 0 nitrogen and oxygen atoms in total. The van der Waals surface area contributed by atoms with Crippen LogP contribution in [0.25, 0.3) is 117 Å². The van der Waals surface area contributed by atoms with Crippen molar-refractivity contribution in [1.82, 2.24) is 0 Å². The van der Waals surface area contributed by atoms with Crippen molar-refractivity contribution in [3.63, 3.8) is 0 Å². The summed E-state index contributed by atoms with van der Waals surface area (Å²) in [5, 5.41) is 15.7. The number of benzene rings is 10. The SMILES string of the molecule is c1ccc(-c2ccc3cc(-c4c5ccccc5c(-c5ccc6c(c5)sc5c6ccc6c5sc5ccc7ccccc7c56)c5ccccc45)ccc3c2)cc1. The topological polar surface area (TPSA) is 0 Å². The predicted molar refractivity (Wildman–Crippen MR) is 239 cm³/mol. The van der Waals surface area contributed by atoms with Gasteiger partial charge in [0.05, 0.1) is 9.40 Å². The third kappa shape index (κ3) is 4.42. The molecule has 0 aliphatic carbocycles. The first-order chi connectivity index (χ1) is 26.8. The van der Waals surface area contributed by atoms with Crippen molar-refractivity contribution in [1.29, 1.82) is 0 Å². The summed E-state index contributed by atoms with van der Waals surface area (Å²) in [5.41, 5.74) is 7.59. The fourth-order valence-corrected chi connectivity index (χ4v) is 11.6. The predicted octanol–water partition coefficient (Wildman–Crippen LogP) is 16.0. The van der Waals surface area contributed by atoms with Crippen LogP contribution in [0.1, 0.15) is 0 Å². The lowest BCUT2D eigenvalue weighted by molar-refractivity contribution is 1.64. The van der Waals surface area contributed by atoms with E-state index in [2.05, 4.69) is 182 Å². The average molecular weight is 719 g/mol. The van der Waals surface area contributed by atoms with Gasteiger partial charge in [-0.25, -0.2) is 0 Å². The Kier molecular flexibility index (Phi) is 6.48. The van der Waals surface area contributed by atoms with Crippen molar-refractivity contribution < 1.29 is 0 Å². The van der Waals surface area contributed by atoms with Gasteiger partial charge in [0.1, 0.15) is 0 Å². The summed E-state index contributed by atoms with van der Waals surface area (Å²) in [6.07, 6.45) is 0. The first-order valence-corrected chi connectivity index (χ1v) is 20.1. The second-order valence-electron chi connectivity index (χ2n) is 14.4. The minimum absolute atomic E-state index is 1.24. The van der Waals surface area contributed by atoms with Gasteiger partial charge in [-0.1, -0.05) is 158 Å². The minimum atomic E-state index is 1.24. The van der Waals surface area contributed by atoms with E-state index < -0.39 is 0 Å². The van der Waals surface area contributed by atoms with Gasteiger partial charge >= 0.3 is 0 Å². The molecule has 0 spiro atoms. The molecular weight excluding hydrogens is 689 g/mol. The molecule has 12 aromatic rings. The number of hydrogen-bond donors (Lipinski definition) is 0. The molecule has 10 aromatic carbocycles. The Hall–Kier alpha value is -6.32. The van der Waals surface area contributed by atoms with E-state index in [1.54, 1.807) is 0 Å². The Morgan fingerprint density at radius 2 is 0.759 bits per heavy atom. The van der Waals surface area contributed by atoms with Crippen molar-refractivity contribution in [3.05, 3.63) is 182 Å². The molecule has 0 bridgehead atoms. The molecule has 0 atom stereocenters. The molecular formula is C52H30S2. The molecule has 0 N–H and O–H groups in total. The van der Waals surface area contributed by atoms with Gasteiger partial charge in [-0.2, -0.15) is 0 Å². The monoisotopic (exact) mass is 718 g/mol. The molecule has 0 saturated carbocycles. The fourth-order valence-electron chi connectivity index (χ4n) is 8.96. The van der Waals surface area contributed by atoms with Crippen molar-refractivity contribution in [2.24, 2.45) is 0 Å². The highest BCUT2D eigenvalue weighted by Gasteiger charge is 2.19. The van der Waals surface area contributed by atoms with Crippen LogP contribution in [0.5, 0.6) is 0 Å². The Bertz CT molecular complexity index is 3430. The number of rotatable bonds is 3. The standard InChI is InChI=1S/C52H30S2/c1-2-10-31(11-3-1)33-18-19-35-29-36(21-20-34(35)28-33)48-40-14-6-8-16-42(40)49(43-17-9-7-15-41(43)48)37-22-24-39-44-25-26-45-50-38-13-5-4-12-32(38)23-27-46(50)53-52(45)51(44)54-47(39)30-37/h1-30H. The Morgan fingerprint density at radius 1 is 0.259 bits per heavy atom. The van der Waals surface area contributed by atoms with Gasteiger partial charge in [0.25, 0.3) is 0 Å². The van der Waals surface area contributed by atoms with Gasteiger partial charge in [0.2, 0.25) is 0 Å². The summed E-state index contributed by atoms with van der Waals surface area (Å²) in [6.45, 7) is 0. The van der Waals surface area contributed by atoms with Gasteiger partial charge in [-0.05, 0) is 101 Å². The van der Waals surface area contributed by atoms with Crippen molar-refractivity contribution in [2.45, 2.75) is 0 Å². The summed E-state index contributed by atoms with van der Waals surface area (Å²) in [4.78, 5) is 0. The molecule has 0 unspecified atom stereocenters.